The number of hydrogen-bond donors (Lipinski definition) is 2. The fourth-order valence-electron chi connectivity index (χ4n) is 2.11. The van der Waals surface area contributed by atoms with Crippen LogP contribution in [0.5, 0.6) is 11.5 Å². The lowest BCUT2D eigenvalue weighted by Gasteiger charge is -2.06. The highest BCUT2D eigenvalue weighted by atomic mass is 35.5. The number of benzene rings is 1. The molecule has 2 heterocycles. The van der Waals surface area contributed by atoms with E-state index in [0.717, 1.165) is 18.7 Å². The zero-order chi connectivity index (χ0) is 14.4. The van der Waals surface area contributed by atoms with Gasteiger partial charge in [-0.15, -0.1) is 5.10 Å². The van der Waals surface area contributed by atoms with Gasteiger partial charge < -0.3 is 14.8 Å². The van der Waals surface area contributed by atoms with Gasteiger partial charge in [0.15, 0.2) is 11.5 Å². The van der Waals surface area contributed by atoms with Gasteiger partial charge in [-0.2, -0.15) is 0 Å². The molecule has 4 rings (SSSR count). The molecule has 0 spiro atoms. The largest absolute Gasteiger partial charge is 0.454 e. The Morgan fingerprint density at radius 3 is 2.86 bits per heavy atom. The molecule has 1 amide bonds. The normalized spacial score (nSPS) is 16.0. The topological polar surface area (TPSA) is 89.1 Å². The summed E-state index contributed by atoms with van der Waals surface area (Å²) in [5.74, 6) is 1.96. The van der Waals surface area contributed by atoms with Gasteiger partial charge in [-0.25, -0.2) is 4.98 Å². The molecule has 0 saturated heterocycles. The number of amides is 1. The van der Waals surface area contributed by atoms with Gasteiger partial charge in [-0.1, -0.05) is 11.6 Å². The van der Waals surface area contributed by atoms with Crippen molar-refractivity contribution in [3.63, 3.8) is 0 Å². The standard InChI is InChI=1S/C13H11ClN4O3/c14-7-3-9-10(21-5-20-9)4-8(7)15-13(19)12-16-11(17-18-12)6-1-2-6/h3-4,6H,1-2,5H2,(H,15,19)(H,16,17,18). The number of carbonyl (C=O) groups excluding carboxylic acids is 1. The number of aromatic nitrogens is 3. The second kappa shape index (κ2) is 4.63. The number of fused-ring (bicyclic) bond motifs is 1. The Kier molecular flexibility index (Phi) is 2.75. The van der Waals surface area contributed by atoms with E-state index in [-0.39, 0.29) is 12.6 Å². The summed E-state index contributed by atoms with van der Waals surface area (Å²) in [5.41, 5.74) is 0.434. The summed E-state index contributed by atoms with van der Waals surface area (Å²) in [6.07, 6.45) is 2.18. The van der Waals surface area contributed by atoms with Crippen molar-refractivity contribution in [2.45, 2.75) is 18.8 Å². The Balaban J connectivity index is 1.55. The lowest BCUT2D eigenvalue weighted by Crippen LogP contribution is -2.14. The minimum atomic E-state index is -0.418. The highest BCUT2D eigenvalue weighted by Crippen LogP contribution is 2.39. The molecule has 1 aromatic carbocycles. The molecule has 0 bridgehead atoms. The second-order valence-corrected chi connectivity index (χ2v) is 5.37. The van der Waals surface area contributed by atoms with Crippen molar-refractivity contribution < 1.29 is 14.3 Å². The number of anilines is 1. The highest BCUT2D eigenvalue weighted by molar-refractivity contribution is 6.34. The first-order valence-corrected chi connectivity index (χ1v) is 6.91. The van der Waals surface area contributed by atoms with E-state index in [0.29, 0.717) is 28.1 Å². The van der Waals surface area contributed by atoms with Crippen LogP contribution in [0.25, 0.3) is 0 Å². The molecule has 1 aliphatic carbocycles. The van der Waals surface area contributed by atoms with Crippen LogP contribution in [0.2, 0.25) is 5.02 Å². The van der Waals surface area contributed by atoms with E-state index in [1.807, 2.05) is 0 Å². The molecule has 0 radical (unpaired) electrons. The molecule has 1 aliphatic heterocycles. The first-order valence-electron chi connectivity index (χ1n) is 6.53. The average Bonchev–Trinajstić information content (AvgIpc) is 3.02. The minimum absolute atomic E-state index is 0.102. The summed E-state index contributed by atoms with van der Waals surface area (Å²) in [5, 5.41) is 9.76. The smallest absolute Gasteiger partial charge is 0.295 e. The van der Waals surface area contributed by atoms with Crippen molar-refractivity contribution in [1.82, 2.24) is 15.2 Å². The van der Waals surface area contributed by atoms with E-state index < -0.39 is 5.91 Å². The molecule has 1 saturated carbocycles. The maximum absolute atomic E-state index is 12.1. The monoisotopic (exact) mass is 306 g/mol. The van der Waals surface area contributed by atoms with Gasteiger partial charge in [-0.3, -0.25) is 9.89 Å². The molecule has 21 heavy (non-hydrogen) atoms. The van der Waals surface area contributed by atoms with Crippen LogP contribution in [0.15, 0.2) is 12.1 Å². The van der Waals surface area contributed by atoms with E-state index in [1.54, 1.807) is 12.1 Å². The third kappa shape index (κ3) is 2.29. The molecule has 7 nitrogen and oxygen atoms in total. The quantitative estimate of drug-likeness (QED) is 0.908. The average molecular weight is 307 g/mol. The van der Waals surface area contributed by atoms with Crippen LogP contribution in [0.1, 0.15) is 35.2 Å². The van der Waals surface area contributed by atoms with Crippen molar-refractivity contribution in [2.75, 3.05) is 12.1 Å². The predicted octanol–water partition coefficient (Wildman–Crippen LogP) is 2.32. The number of hydrogen-bond acceptors (Lipinski definition) is 5. The molecule has 108 valence electrons. The van der Waals surface area contributed by atoms with Gasteiger partial charge >= 0.3 is 0 Å². The molecule has 0 atom stereocenters. The predicted molar refractivity (Wildman–Crippen MR) is 73.9 cm³/mol. The lowest BCUT2D eigenvalue weighted by molar-refractivity contribution is 0.101. The van der Waals surface area contributed by atoms with E-state index in [9.17, 15) is 4.79 Å². The minimum Gasteiger partial charge on any atom is -0.454 e. The van der Waals surface area contributed by atoms with Crippen molar-refractivity contribution in [3.8, 4) is 11.5 Å². The van der Waals surface area contributed by atoms with Crippen molar-refractivity contribution in [1.29, 1.82) is 0 Å². The van der Waals surface area contributed by atoms with Crippen LogP contribution in [0, 0.1) is 0 Å². The lowest BCUT2D eigenvalue weighted by atomic mass is 10.2. The van der Waals surface area contributed by atoms with Crippen molar-refractivity contribution in [3.05, 3.63) is 28.8 Å². The summed E-state index contributed by atoms with van der Waals surface area (Å²) in [6, 6.07) is 3.23. The van der Waals surface area contributed by atoms with Crippen LogP contribution < -0.4 is 14.8 Å². The Morgan fingerprint density at radius 2 is 2.10 bits per heavy atom. The second-order valence-electron chi connectivity index (χ2n) is 4.96. The molecule has 2 aromatic rings. The highest BCUT2D eigenvalue weighted by Gasteiger charge is 2.28. The fraction of sp³-hybridized carbons (Fsp3) is 0.308. The Morgan fingerprint density at radius 1 is 1.33 bits per heavy atom. The van der Waals surface area contributed by atoms with Crippen LogP contribution >= 0.6 is 11.6 Å². The number of nitrogens with one attached hydrogen (secondary N) is 2. The first-order chi connectivity index (χ1) is 10.2. The number of H-pyrrole nitrogens is 1. The van der Waals surface area contributed by atoms with Gasteiger partial charge in [-0.05, 0) is 12.8 Å². The number of carbonyl (C=O) groups is 1. The molecule has 2 aliphatic rings. The van der Waals surface area contributed by atoms with E-state index in [2.05, 4.69) is 20.5 Å². The van der Waals surface area contributed by atoms with E-state index >= 15 is 0 Å². The van der Waals surface area contributed by atoms with Gasteiger partial charge in [0, 0.05) is 18.1 Å². The molecule has 8 heteroatoms. The third-order valence-electron chi connectivity index (χ3n) is 3.38. The molecule has 1 aromatic heterocycles. The Hall–Kier alpha value is -2.28. The first kappa shape index (κ1) is 12.5. The SMILES string of the molecule is O=C(Nc1cc2c(cc1Cl)OCO2)c1n[nH]c(C2CC2)n1. The van der Waals surface area contributed by atoms with Crippen molar-refractivity contribution in [2.24, 2.45) is 0 Å². The van der Waals surface area contributed by atoms with Gasteiger partial charge in [0.2, 0.25) is 12.6 Å². The molecular formula is C13H11ClN4O3. The third-order valence-corrected chi connectivity index (χ3v) is 3.69. The summed E-state index contributed by atoms with van der Waals surface area (Å²) in [7, 11) is 0. The Bertz CT molecular complexity index is 726. The number of ether oxygens (including phenoxy) is 2. The Labute approximate surface area is 124 Å². The number of rotatable bonds is 3. The molecule has 1 fully saturated rings. The summed E-state index contributed by atoms with van der Waals surface area (Å²) in [6.45, 7) is 0.148. The molecule has 2 N–H and O–H groups in total. The van der Waals surface area contributed by atoms with Crippen molar-refractivity contribution >= 4 is 23.2 Å². The van der Waals surface area contributed by atoms with Gasteiger partial charge in [0.1, 0.15) is 5.82 Å². The van der Waals surface area contributed by atoms with E-state index in [4.69, 9.17) is 21.1 Å². The van der Waals surface area contributed by atoms with Crippen LogP contribution in [-0.2, 0) is 0 Å². The van der Waals surface area contributed by atoms with E-state index in [1.165, 1.54) is 0 Å². The molecular weight excluding hydrogens is 296 g/mol. The number of aromatic amines is 1. The molecule has 0 unspecified atom stereocenters. The maximum Gasteiger partial charge on any atom is 0.295 e. The summed E-state index contributed by atoms with van der Waals surface area (Å²) >= 11 is 6.11. The summed E-state index contributed by atoms with van der Waals surface area (Å²) < 4.78 is 10.5. The zero-order valence-corrected chi connectivity index (χ0v) is 11.6. The number of nitrogens with zero attached hydrogens (tertiary/aromatic N) is 2. The zero-order valence-electron chi connectivity index (χ0n) is 10.9. The van der Waals surface area contributed by atoms with Crippen LogP contribution in [0.4, 0.5) is 5.69 Å². The number of halogens is 1. The van der Waals surface area contributed by atoms with Crippen LogP contribution in [-0.4, -0.2) is 27.9 Å². The maximum atomic E-state index is 12.1. The fourth-order valence-corrected chi connectivity index (χ4v) is 2.31. The van der Waals surface area contributed by atoms with Gasteiger partial charge in [0.25, 0.3) is 5.91 Å². The summed E-state index contributed by atoms with van der Waals surface area (Å²) in [4.78, 5) is 16.3. The van der Waals surface area contributed by atoms with Gasteiger partial charge in [0.05, 0.1) is 10.7 Å². The van der Waals surface area contributed by atoms with Crippen LogP contribution in [0.3, 0.4) is 0 Å².